The average molecular weight is 357 g/mol. The van der Waals surface area contributed by atoms with Crippen molar-refractivity contribution in [1.29, 1.82) is 0 Å². The first-order valence-electron chi connectivity index (χ1n) is 9.71. The smallest absolute Gasteiger partial charge is 0.0148 e. The van der Waals surface area contributed by atoms with Crippen LogP contribution in [0.1, 0.15) is 51.3 Å². The summed E-state index contributed by atoms with van der Waals surface area (Å²) in [4.78, 5) is 0. The van der Waals surface area contributed by atoms with Gasteiger partial charge in [0.1, 0.15) is 0 Å². The van der Waals surface area contributed by atoms with Gasteiger partial charge < -0.3 is 0 Å². The Morgan fingerprint density at radius 3 is 2.30 bits per heavy atom. The zero-order valence-corrected chi connectivity index (χ0v) is 17.9. The summed E-state index contributed by atoms with van der Waals surface area (Å²) in [7, 11) is 0. The molecule has 0 aliphatic rings. The molecular formula is C27H32. The van der Waals surface area contributed by atoms with Crippen molar-refractivity contribution in [3.8, 4) is 0 Å². The molecule has 2 aromatic carbocycles. The Morgan fingerprint density at radius 2 is 1.63 bits per heavy atom. The van der Waals surface area contributed by atoms with E-state index in [2.05, 4.69) is 115 Å². The number of hydrogen-bond donors (Lipinski definition) is 0. The molecule has 0 aliphatic heterocycles. The van der Waals surface area contributed by atoms with Gasteiger partial charge >= 0.3 is 0 Å². The lowest BCUT2D eigenvalue weighted by atomic mass is 9.90. The van der Waals surface area contributed by atoms with Crippen molar-refractivity contribution in [2.75, 3.05) is 0 Å². The van der Waals surface area contributed by atoms with Crippen LogP contribution in [0.4, 0.5) is 0 Å². The first-order chi connectivity index (χ1) is 12.9. The second-order valence-electron chi connectivity index (χ2n) is 7.25. The molecule has 0 radical (unpaired) electrons. The van der Waals surface area contributed by atoms with Crippen LogP contribution in [0.25, 0.3) is 16.3 Å². The zero-order valence-electron chi connectivity index (χ0n) is 17.9. The molecule has 0 bridgehead atoms. The van der Waals surface area contributed by atoms with E-state index in [1.165, 1.54) is 49.8 Å². The van der Waals surface area contributed by atoms with E-state index < -0.39 is 0 Å². The number of allylic oxidation sites excluding steroid dienone is 10. The average Bonchev–Trinajstić information content (AvgIpc) is 2.64. The van der Waals surface area contributed by atoms with E-state index >= 15 is 0 Å². The first kappa shape index (κ1) is 20.7. The molecule has 0 unspecified atom stereocenters. The molecule has 0 N–H and O–H groups in total. The molecule has 140 valence electrons. The van der Waals surface area contributed by atoms with Crippen LogP contribution in [0.5, 0.6) is 0 Å². The Kier molecular flexibility index (Phi) is 7.19. The lowest BCUT2D eigenvalue weighted by Crippen LogP contribution is -1.93. The Labute approximate surface area is 165 Å². The molecular weight excluding hydrogens is 324 g/mol. The summed E-state index contributed by atoms with van der Waals surface area (Å²) in [6.45, 7) is 15.1. The minimum atomic E-state index is 1.25. The fourth-order valence-electron chi connectivity index (χ4n) is 3.47. The van der Waals surface area contributed by atoms with Gasteiger partial charge in [-0.25, -0.2) is 0 Å². The van der Waals surface area contributed by atoms with Crippen molar-refractivity contribution < 1.29 is 0 Å². The van der Waals surface area contributed by atoms with Gasteiger partial charge in [0, 0.05) is 0 Å². The summed E-state index contributed by atoms with van der Waals surface area (Å²) in [5.74, 6) is 0. The summed E-state index contributed by atoms with van der Waals surface area (Å²) in [5, 5.41) is 2.65. The predicted octanol–water partition coefficient (Wildman–Crippen LogP) is 8.27. The molecule has 2 aromatic rings. The van der Waals surface area contributed by atoms with Gasteiger partial charge in [0.2, 0.25) is 0 Å². The zero-order chi connectivity index (χ0) is 20.0. The number of rotatable bonds is 5. The molecule has 0 aliphatic carbocycles. The van der Waals surface area contributed by atoms with Gasteiger partial charge in [-0.05, 0) is 87.1 Å². The highest BCUT2D eigenvalue weighted by Gasteiger charge is 2.09. The minimum Gasteiger partial charge on any atom is -0.0876 e. The Bertz CT molecular complexity index is 973. The van der Waals surface area contributed by atoms with Gasteiger partial charge in [-0.15, -0.1) is 0 Å². The minimum absolute atomic E-state index is 1.25. The van der Waals surface area contributed by atoms with Crippen LogP contribution in [0.2, 0.25) is 0 Å². The van der Waals surface area contributed by atoms with Crippen molar-refractivity contribution in [2.24, 2.45) is 0 Å². The van der Waals surface area contributed by atoms with E-state index in [4.69, 9.17) is 0 Å². The van der Waals surface area contributed by atoms with E-state index in [0.717, 1.165) is 0 Å². The molecule has 0 spiro atoms. The maximum Gasteiger partial charge on any atom is -0.0148 e. The number of benzene rings is 2. The van der Waals surface area contributed by atoms with E-state index in [9.17, 15) is 0 Å². The van der Waals surface area contributed by atoms with Crippen LogP contribution in [-0.2, 0) is 0 Å². The third-order valence-electron chi connectivity index (χ3n) is 5.13. The van der Waals surface area contributed by atoms with Crippen LogP contribution in [0.15, 0.2) is 83.5 Å². The second-order valence-corrected chi connectivity index (χ2v) is 7.25. The van der Waals surface area contributed by atoms with Crippen LogP contribution < -0.4 is 0 Å². The molecule has 0 atom stereocenters. The van der Waals surface area contributed by atoms with E-state index in [0.29, 0.717) is 0 Å². The quantitative estimate of drug-likeness (QED) is 0.473. The Balaban J connectivity index is 2.63. The highest BCUT2D eigenvalue weighted by molar-refractivity contribution is 5.91. The lowest BCUT2D eigenvalue weighted by Gasteiger charge is -2.15. The summed E-state index contributed by atoms with van der Waals surface area (Å²) in [6, 6.07) is 11.2. The monoisotopic (exact) mass is 356 g/mol. The molecule has 0 heteroatoms. The number of aryl methyl sites for hydroxylation is 2. The van der Waals surface area contributed by atoms with Crippen molar-refractivity contribution >= 4 is 16.3 Å². The Morgan fingerprint density at radius 1 is 0.889 bits per heavy atom. The van der Waals surface area contributed by atoms with Crippen molar-refractivity contribution in [1.82, 2.24) is 0 Å². The SMILES string of the molecule is C/C=C\C(C)=C/C(=C/C=C/C)C(/C)=C(\C)c1ccc2cc(C)ccc2c1C. The summed E-state index contributed by atoms with van der Waals surface area (Å²) in [5.41, 5.74) is 9.13. The highest BCUT2D eigenvalue weighted by Crippen LogP contribution is 2.31. The van der Waals surface area contributed by atoms with Gasteiger partial charge in [-0.3, -0.25) is 0 Å². The second kappa shape index (κ2) is 9.37. The van der Waals surface area contributed by atoms with Gasteiger partial charge in [0.25, 0.3) is 0 Å². The lowest BCUT2D eigenvalue weighted by molar-refractivity contribution is 1.35. The predicted molar refractivity (Wildman–Crippen MR) is 123 cm³/mol. The summed E-state index contributed by atoms with van der Waals surface area (Å²) in [6.07, 6.45) is 12.9. The molecule has 0 saturated heterocycles. The third-order valence-corrected chi connectivity index (χ3v) is 5.13. The van der Waals surface area contributed by atoms with Gasteiger partial charge in [-0.1, -0.05) is 77.9 Å². The number of fused-ring (bicyclic) bond motifs is 1. The molecule has 0 amide bonds. The maximum atomic E-state index is 2.27. The van der Waals surface area contributed by atoms with E-state index in [-0.39, 0.29) is 0 Å². The molecule has 2 rings (SSSR count). The molecule has 0 saturated carbocycles. The normalized spacial score (nSPS) is 14.5. The molecule has 0 aromatic heterocycles. The van der Waals surface area contributed by atoms with Crippen LogP contribution >= 0.6 is 0 Å². The topological polar surface area (TPSA) is 0 Å². The Hall–Kier alpha value is -2.60. The van der Waals surface area contributed by atoms with Gasteiger partial charge in [0.05, 0.1) is 0 Å². The van der Waals surface area contributed by atoms with E-state index in [1.807, 2.05) is 0 Å². The summed E-state index contributed by atoms with van der Waals surface area (Å²) >= 11 is 0. The number of hydrogen-bond acceptors (Lipinski definition) is 0. The van der Waals surface area contributed by atoms with Crippen molar-refractivity contribution in [3.05, 3.63) is 100 Å². The largest absolute Gasteiger partial charge is 0.0876 e. The van der Waals surface area contributed by atoms with Crippen LogP contribution in [0, 0.1) is 13.8 Å². The fourth-order valence-corrected chi connectivity index (χ4v) is 3.47. The van der Waals surface area contributed by atoms with Gasteiger partial charge in [-0.2, -0.15) is 0 Å². The van der Waals surface area contributed by atoms with E-state index in [1.54, 1.807) is 0 Å². The third kappa shape index (κ3) is 4.98. The molecule has 0 heterocycles. The fraction of sp³-hybridized carbons (Fsp3) is 0.259. The maximum absolute atomic E-state index is 2.27. The standard InChI is InChI=1S/C27H32/c1-8-10-12-24(17-19(3)11-9-2)21(5)22(6)26-16-14-25-18-20(4)13-15-27(25)23(26)7/h8-18H,1-7H3/b10-8+,11-9-,19-17-,22-21+,24-12-. The van der Waals surface area contributed by atoms with Gasteiger partial charge in [0.15, 0.2) is 0 Å². The summed E-state index contributed by atoms with van der Waals surface area (Å²) < 4.78 is 0. The molecule has 0 fully saturated rings. The highest BCUT2D eigenvalue weighted by atomic mass is 14.1. The van der Waals surface area contributed by atoms with Crippen molar-refractivity contribution in [3.63, 3.8) is 0 Å². The van der Waals surface area contributed by atoms with Crippen LogP contribution in [0.3, 0.4) is 0 Å². The van der Waals surface area contributed by atoms with Crippen LogP contribution in [-0.4, -0.2) is 0 Å². The molecule has 27 heavy (non-hydrogen) atoms. The first-order valence-corrected chi connectivity index (χ1v) is 9.71. The van der Waals surface area contributed by atoms with Crippen molar-refractivity contribution in [2.45, 2.75) is 48.5 Å². The molecule has 0 nitrogen and oxygen atoms in total.